The summed E-state index contributed by atoms with van der Waals surface area (Å²) < 4.78 is 10.2. The molecule has 1 amide bonds. The van der Waals surface area contributed by atoms with Gasteiger partial charge >= 0.3 is 6.09 Å². The highest BCUT2D eigenvalue weighted by molar-refractivity contribution is 5.85. The number of rotatable bonds is 4. The minimum atomic E-state index is -0.569. The standard InChI is InChI=1S/C14H14N2O3/c1-18-12-8-5-9-15-13(12)16-14(17)19-10-11-6-3-2-4-7-11/h2-9H,10H2,1H3,(H,15,16,17). The number of pyridine rings is 1. The van der Waals surface area contributed by atoms with E-state index in [4.69, 9.17) is 9.47 Å². The van der Waals surface area contributed by atoms with Gasteiger partial charge in [-0.1, -0.05) is 30.3 Å². The summed E-state index contributed by atoms with van der Waals surface area (Å²) in [6, 6.07) is 12.9. The number of hydrogen-bond acceptors (Lipinski definition) is 4. The van der Waals surface area contributed by atoms with Crippen LogP contribution in [0.25, 0.3) is 0 Å². The Morgan fingerprint density at radius 3 is 2.74 bits per heavy atom. The van der Waals surface area contributed by atoms with Crippen molar-refractivity contribution >= 4 is 11.9 Å². The van der Waals surface area contributed by atoms with Crippen LogP contribution in [-0.2, 0) is 11.3 Å². The number of anilines is 1. The zero-order chi connectivity index (χ0) is 13.5. The van der Waals surface area contributed by atoms with E-state index in [0.29, 0.717) is 11.6 Å². The van der Waals surface area contributed by atoms with Crippen molar-refractivity contribution in [3.05, 3.63) is 54.2 Å². The third kappa shape index (κ3) is 3.70. The van der Waals surface area contributed by atoms with Crippen LogP contribution in [-0.4, -0.2) is 18.2 Å². The minimum Gasteiger partial charge on any atom is -0.493 e. The molecule has 0 unspecified atom stereocenters. The van der Waals surface area contributed by atoms with Gasteiger partial charge in [-0.15, -0.1) is 0 Å². The second-order valence-electron chi connectivity index (χ2n) is 3.74. The summed E-state index contributed by atoms with van der Waals surface area (Å²) in [6.45, 7) is 0.210. The van der Waals surface area contributed by atoms with Crippen LogP contribution in [0.3, 0.4) is 0 Å². The number of aromatic nitrogens is 1. The van der Waals surface area contributed by atoms with Crippen LogP contribution in [0.5, 0.6) is 5.75 Å². The molecule has 19 heavy (non-hydrogen) atoms. The van der Waals surface area contributed by atoms with Gasteiger partial charge in [-0.05, 0) is 17.7 Å². The maximum absolute atomic E-state index is 11.6. The predicted octanol–water partition coefficient (Wildman–Crippen LogP) is 2.84. The Hall–Kier alpha value is -2.56. The number of nitrogens with one attached hydrogen (secondary N) is 1. The normalized spacial score (nSPS) is 9.74. The average Bonchev–Trinajstić information content (AvgIpc) is 2.47. The third-order valence-electron chi connectivity index (χ3n) is 2.42. The van der Waals surface area contributed by atoms with Gasteiger partial charge in [-0.2, -0.15) is 0 Å². The highest BCUT2D eigenvalue weighted by Gasteiger charge is 2.08. The van der Waals surface area contributed by atoms with Crippen molar-refractivity contribution in [2.24, 2.45) is 0 Å². The number of hydrogen-bond donors (Lipinski definition) is 1. The summed E-state index contributed by atoms with van der Waals surface area (Å²) in [4.78, 5) is 15.6. The van der Waals surface area contributed by atoms with E-state index in [1.165, 1.54) is 7.11 Å². The van der Waals surface area contributed by atoms with Gasteiger partial charge in [0.05, 0.1) is 7.11 Å². The second-order valence-corrected chi connectivity index (χ2v) is 3.74. The molecule has 0 aliphatic carbocycles. The van der Waals surface area contributed by atoms with Gasteiger partial charge in [0, 0.05) is 6.20 Å². The zero-order valence-electron chi connectivity index (χ0n) is 10.5. The smallest absolute Gasteiger partial charge is 0.413 e. The lowest BCUT2D eigenvalue weighted by molar-refractivity contribution is 0.155. The molecule has 1 aromatic heterocycles. The lowest BCUT2D eigenvalue weighted by Crippen LogP contribution is -2.15. The maximum atomic E-state index is 11.6. The van der Waals surface area contributed by atoms with Crippen molar-refractivity contribution in [1.29, 1.82) is 0 Å². The molecule has 1 aromatic carbocycles. The Balaban J connectivity index is 1.91. The summed E-state index contributed by atoms with van der Waals surface area (Å²) in [5.41, 5.74) is 0.922. The first-order chi connectivity index (χ1) is 9.29. The second kappa shape index (κ2) is 6.39. The first kappa shape index (κ1) is 12.9. The fourth-order valence-corrected chi connectivity index (χ4v) is 1.51. The first-order valence-corrected chi connectivity index (χ1v) is 5.76. The monoisotopic (exact) mass is 258 g/mol. The number of benzene rings is 1. The SMILES string of the molecule is COc1cccnc1NC(=O)OCc1ccccc1. The van der Waals surface area contributed by atoms with Crippen LogP contribution in [0.2, 0.25) is 0 Å². The quantitative estimate of drug-likeness (QED) is 0.916. The third-order valence-corrected chi connectivity index (χ3v) is 2.42. The molecule has 0 radical (unpaired) electrons. The molecule has 98 valence electrons. The fraction of sp³-hybridized carbons (Fsp3) is 0.143. The van der Waals surface area contributed by atoms with Gasteiger partial charge in [0.15, 0.2) is 11.6 Å². The summed E-state index contributed by atoms with van der Waals surface area (Å²) in [5, 5.41) is 2.53. The Morgan fingerprint density at radius 1 is 1.21 bits per heavy atom. The Bertz CT molecular complexity index is 543. The van der Waals surface area contributed by atoms with Crippen molar-refractivity contribution in [2.75, 3.05) is 12.4 Å². The molecule has 0 spiro atoms. The molecule has 2 rings (SSSR count). The van der Waals surface area contributed by atoms with Crippen LogP contribution in [0.4, 0.5) is 10.6 Å². The molecular formula is C14H14N2O3. The van der Waals surface area contributed by atoms with Crippen molar-refractivity contribution < 1.29 is 14.3 Å². The molecule has 1 heterocycles. The molecule has 0 saturated heterocycles. The summed E-state index contributed by atoms with van der Waals surface area (Å²) >= 11 is 0. The number of carbonyl (C=O) groups is 1. The maximum Gasteiger partial charge on any atom is 0.413 e. The van der Waals surface area contributed by atoms with Gasteiger partial charge in [0.1, 0.15) is 6.61 Å². The Labute approximate surface area is 111 Å². The summed E-state index contributed by atoms with van der Waals surface area (Å²) in [6.07, 6.45) is 0.996. The predicted molar refractivity (Wildman–Crippen MR) is 71.0 cm³/mol. The summed E-state index contributed by atoms with van der Waals surface area (Å²) in [5.74, 6) is 0.822. The van der Waals surface area contributed by atoms with E-state index >= 15 is 0 Å². The molecule has 2 aromatic rings. The van der Waals surface area contributed by atoms with Crippen LogP contribution < -0.4 is 10.1 Å². The molecule has 0 aliphatic rings. The van der Waals surface area contributed by atoms with E-state index in [-0.39, 0.29) is 6.61 Å². The highest BCUT2D eigenvalue weighted by atomic mass is 16.5. The van der Waals surface area contributed by atoms with Crippen LogP contribution in [0.1, 0.15) is 5.56 Å². The molecule has 0 aliphatic heterocycles. The number of methoxy groups -OCH3 is 1. The molecule has 5 nitrogen and oxygen atoms in total. The van der Waals surface area contributed by atoms with Crippen molar-refractivity contribution in [3.8, 4) is 5.75 Å². The first-order valence-electron chi connectivity index (χ1n) is 5.76. The minimum absolute atomic E-state index is 0.210. The lowest BCUT2D eigenvalue weighted by atomic mass is 10.2. The molecule has 0 fully saturated rings. The molecule has 0 atom stereocenters. The van der Waals surface area contributed by atoms with Crippen LogP contribution in [0, 0.1) is 0 Å². The van der Waals surface area contributed by atoms with Gasteiger partial charge in [0.2, 0.25) is 0 Å². The molecule has 0 saturated carbocycles. The van der Waals surface area contributed by atoms with Crippen molar-refractivity contribution in [2.45, 2.75) is 6.61 Å². The molecule has 1 N–H and O–H groups in total. The molecule has 0 bridgehead atoms. The topological polar surface area (TPSA) is 60.5 Å². The largest absolute Gasteiger partial charge is 0.493 e. The molecular weight excluding hydrogens is 244 g/mol. The van der Waals surface area contributed by atoms with E-state index < -0.39 is 6.09 Å². The van der Waals surface area contributed by atoms with Gasteiger partial charge in [-0.25, -0.2) is 9.78 Å². The number of carbonyl (C=O) groups excluding carboxylic acids is 1. The van der Waals surface area contributed by atoms with Crippen LogP contribution in [0.15, 0.2) is 48.7 Å². The van der Waals surface area contributed by atoms with Crippen LogP contribution >= 0.6 is 0 Å². The van der Waals surface area contributed by atoms with E-state index in [1.54, 1.807) is 18.3 Å². The lowest BCUT2D eigenvalue weighted by Gasteiger charge is -2.09. The number of ether oxygens (including phenoxy) is 2. The Morgan fingerprint density at radius 2 is 2.00 bits per heavy atom. The zero-order valence-corrected chi connectivity index (χ0v) is 10.5. The van der Waals surface area contributed by atoms with E-state index in [2.05, 4.69) is 10.3 Å². The van der Waals surface area contributed by atoms with E-state index in [1.807, 2.05) is 30.3 Å². The van der Waals surface area contributed by atoms with E-state index in [9.17, 15) is 4.79 Å². The van der Waals surface area contributed by atoms with Gasteiger partial charge in [-0.3, -0.25) is 5.32 Å². The average molecular weight is 258 g/mol. The van der Waals surface area contributed by atoms with Gasteiger partial charge in [0.25, 0.3) is 0 Å². The fourth-order valence-electron chi connectivity index (χ4n) is 1.51. The van der Waals surface area contributed by atoms with Crippen molar-refractivity contribution in [3.63, 3.8) is 0 Å². The number of nitrogens with zero attached hydrogens (tertiary/aromatic N) is 1. The van der Waals surface area contributed by atoms with Crippen molar-refractivity contribution in [1.82, 2.24) is 4.98 Å². The number of amides is 1. The Kier molecular flexibility index (Phi) is 4.34. The highest BCUT2D eigenvalue weighted by Crippen LogP contribution is 2.20. The summed E-state index contributed by atoms with van der Waals surface area (Å²) in [7, 11) is 1.51. The van der Waals surface area contributed by atoms with Gasteiger partial charge < -0.3 is 9.47 Å². The van der Waals surface area contributed by atoms with E-state index in [0.717, 1.165) is 5.56 Å². The molecule has 5 heteroatoms.